The van der Waals surface area contributed by atoms with E-state index in [-0.39, 0.29) is 18.3 Å². The van der Waals surface area contributed by atoms with Crippen LogP contribution in [0.2, 0.25) is 0 Å². The molecule has 5 nitrogen and oxygen atoms in total. The molecule has 1 saturated heterocycles. The third kappa shape index (κ3) is 7.42. The van der Waals surface area contributed by atoms with Crippen molar-refractivity contribution in [2.24, 2.45) is 5.92 Å². The monoisotopic (exact) mass is 384 g/mol. The maximum absolute atomic E-state index is 12.4. The molecule has 1 fully saturated rings. The maximum atomic E-state index is 12.4. The molecule has 1 aliphatic heterocycles. The van der Waals surface area contributed by atoms with Gasteiger partial charge in [0.25, 0.3) is 5.91 Å². The standard InChI is InChI=1S/C20H32N2O3.ClH/c1-3-5-13-25-18-9-8-17(14-19(18)24-4-2)20(23)22-12-10-16-7-6-11-21-15-16;/h8-9,14,16,21H,3-7,10-13,15H2,1-2H3,(H,22,23);1H. The number of unbranched alkanes of at least 4 members (excludes halogenated alkanes) is 1. The lowest BCUT2D eigenvalue weighted by Crippen LogP contribution is -2.33. The molecule has 0 aromatic heterocycles. The average molecular weight is 385 g/mol. The molecule has 1 aliphatic rings. The van der Waals surface area contributed by atoms with Crippen molar-refractivity contribution in [3.63, 3.8) is 0 Å². The summed E-state index contributed by atoms with van der Waals surface area (Å²) in [7, 11) is 0. The normalized spacial score (nSPS) is 16.5. The Bertz CT molecular complexity index is 534. The summed E-state index contributed by atoms with van der Waals surface area (Å²) in [6, 6.07) is 5.42. The summed E-state index contributed by atoms with van der Waals surface area (Å²) in [6.45, 7) is 8.17. The molecule has 1 atom stereocenters. The van der Waals surface area contributed by atoms with Crippen LogP contribution in [0.5, 0.6) is 11.5 Å². The van der Waals surface area contributed by atoms with Crippen molar-refractivity contribution in [1.29, 1.82) is 0 Å². The van der Waals surface area contributed by atoms with Crippen LogP contribution in [0.1, 0.15) is 56.3 Å². The van der Waals surface area contributed by atoms with E-state index < -0.39 is 0 Å². The molecule has 26 heavy (non-hydrogen) atoms. The quantitative estimate of drug-likeness (QED) is 0.602. The number of carbonyl (C=O) groups is 1. The van der Waals surface area contributed by atoms with E-state index in [9.17, 15) is 4.79 Å². The van der Waals surface area contributed by atoms with Gasteiger partial charge < -0.3 is 20.1 Å². The average Bonchev–Trinajstić information content (AvgIpc) is 2.64. The van der Waals surface area contributed by atoms with E-state index in [2.05, 4.69) is 17.6 Å². The second kappa shape index (κ2) is 12.8. The first-order valence-electron chi connectivity index (χ1n) is 9.63. The van der Waals surface area contributed by atoms with Crippen molar-refractivity contribution >= 4 is 18.3 Å². The lowest BCUT2D eigenvalue weighted by Gasteiger charge is -2.22. The van der Waals surface area contributed by atoms with Gasteiger partial charge in [0, 0.05) is 12.1 Å². The van der Waals surface area contributed by atoms with Crippen LogP contribution in [0.4, 0.5) is 0 Å². The van der Waals surface area contributed by atoms with Crippen LogP contribution in [0, 0.1) is 5.92 Å². The number of halogens is 1. The second-order valence-electron chi connectivity index (χ2n) is 6.55. The molecule has 0 saturated carbocycles. The fraction of sp³-hybridized carbons (Fsp3) is 0.650. The van der Waals surface area contributed by atoms with Crippen LogP contribution in [0.3, 0.4) is 0 Å². The van der Waals surface area contributed by atoms with Gasteiger partial charge in [0.1, 0.15) is 0 Å². The maximum Gasteiger partial charge on any atom is 0.251 e. The summed E-state index contributed by atoms with van der Waals surface area (Å²) in [6.07, 6.45) is 5.59. The summed E-state index contributed by atoms with van der Waals surface area (Å²) in [5.41, 5.74) is 0.619. The van der Waals surface area contributed by atoms with Crippen LogP contribution in [-0.2, 0) is 0 Å². The predicted octanol–water partition coefficient (Wildman–Crippen LogP) is 3.81. The van der Waals surface area contributed by atoms with Gasteiger partial charge in [-0.05, 0) is 69.8 Å². The number of hydrogen-bond donors (Lipinski definition) is 2. The number of ether oxygens (including phenoxy) is 2. The Morgan fingerprint density at radius 3 is 2.81 bits per heavy atom. The first-order valence-corrected chi connectivity index (χ1v) is 9.63. The highest BCUT2D eigenvalue weighted by atomic mass is 35.5. The minimum atomic E-state index is -0.0511. The molecule has 2 N–H and O–H groups in total. The molecule has 2 rings (SSSR count). The van der Waals surface area contributed by atoms with Crippen molar-refractivity contribution in [2.75, 3.05) is 32.8 Å². The van der Waals surface area contributed by atoms with Gasteiger partial charge in [-0.1, -0.05) is 13.3 Å². The molecule has 1 unspecified atom stereocenters. The Hall–Kier alpha value is -1.46. The summed E-state index contributed by atoms with van der Waals surface area (Å²) >= 11 is 0. The zero-order valence-corrected chi connectivity index (χ0v) is 16.8. The smallest absolute Gasteiger partial charge is 0.251 e. The number of benzene rings is 1. The number of carbonyl (C=O) groups excluding carboxylic acids is 1. The number of hydrogen-bond acceptors (Lipinski definition) is 4. The van der Waals surface area contributed by atoms with Crippen molar-refractivity contribution in [1.82, 2.24) is 10.6 Å². The van der Waals surface area contributed by atoms with Gasteiger partial charge in [-0.2, -0.15) is 0 Å². The van der Waals surface area contributed by atoms with E-state index in [0.717, 1.165) is 32.4 Å². The Labute approximate surface area is 163 Å². The summed E-state index contributed by atoms with van der Waals surface area (Å²) in [5.74, 6) is 1.97. The van der Waals surface area contributed by atoms with Crippen LogP contribution < -0.4 is 20.1 Å². The summed E-state index contributed by atoms with van der Waals surface area (Å²) < 4.78 is 11.4. The first-order chi connectivity index (χ1) is 12.2. The van der Waals surface area contributed by atoms with E-state index in [1.54, 1.807) is 12.1 Å². The fourth-order valence-corrected chi connectivity index (χ4v) is 3.03. The van der Waals surface area contributed by atoms with Gasteiger partial charge in [0.05, 0.1) is 13.2 Å². The molecule has 0 spiro atoms. The Morgan fingerprint density at radius 1 is 1.27 bits per heavy atom. The molecule has 0 bridgehead atoms. The third-order valence-corrected chi connectivity index (χ3v) is 4.50. The first kappa shape index (κ1) is 22.6. The SMILES string of the molecule is CCCCOc1ccc(C(=O)NCCC2CCCNC2)cc1OCC.Cl. The highest BCUT2D eigenvalue weighted by Crippen LogP contribution is 2.28. The fourth-order valence-electron chi connectivity index (χ4n) is 3.03. The van der Waals surface area contributed by atoms with E-state index in [1.807, 2.05) is 13.0 Å². The predicted molar refractivity (Wildman–Crippen MR) is 108 cm³/mol. The van der Waals surface area contributed by atoms with Gasteiger partial charge in [0.15, 0.2) is 11.5 Å². The lowest BCUT2D eigenvalue weighted by molar-refractivity contribution is 0.0950. The zero-order valence-electron chi connectivity index (χ0n) is 16.0. The highest BCUT2D eigenvalue weighted by Gasteiger charge is 2.14. The number of rotatable bonds is 10. The minimum Gasteiger partial charge on any atom is -0.490 e. The Morgan fingerprint density at radius 2 is 2.12 bits per heavy atom. The number of amides is 1. The number of nitrogens with one attached hydrogen (secondary N) is 2. The molecule has 0 aliphatic carbocycles. The van der Waals surface area contributed by atoms with Crippen molar-refractivity contribution in [3.05, 3.63) is 23.8 Å². The van der Waals surface area contributed by atoms with E-state index in [1.165, 1.54) is 12.8 Å². The number of piperidine rings is 1. The van der Waals surface area contributed by atoms with Gasteiger partial charge in [-0.15, -0.1) is 12.4 Å². The van der Waals surface area contributed by atoms with Crippen molar-refractivity contribution in [3.8, 4) is 11.5 Å². The Kier molecular flexibility index (Phi) is 11.1. The van der Waals surface area contributed by atoms with Crippen LogP contribution in [0.15, 0.2) is 18.2 Å². The van der Waals surface area contributed by atoms with Crippen LogP contribution in [0.25, 0.3) is 0 Å². The highest BCUT2D eigenvalue weighted by molar-refractivity contribution is 5.94. The van der Waals surface area contributed by atoms with Gasteiger partial charge in [-0.3, -0.25) is 4.79 Å². The molecule has 0 radical (unpaired) electrons. The van der Waals surface area contributed by atoms with Crippen molar-refractivity contribution in [2.45, 2.75) is 46.0 Å². The molecule has 1 heterocycles. The lowest BCUT2D eigenvalue weighted by atomic mass is 9.96. The molecule has 6 heteroatoms. The second-order valence-corrected chi connectivity index (χ2v) is 6.55. The topological polar surface area (TPSA) is 59.6 Å². The third-order valence-electron chi connectivity index (χ3n) is 4.50. The summed E-state index contributed by atoms with van der Waals surface area (Å²) in [4.78, 5) is 12.4. The van der Waals surface area contributed by atoms with E-state index in [0.29, 0.717) is 42.7 Å². The van der Waals surface area contributed by atoms with Gasteiger partial charge >= 0.3 is 0 Å². The molecular formula is C20H33ClN2O3. The Balaban J connectivity index is 0.00000338. The molecular weight excluding hydrogens is 352 g/mol. The van der Waals surface area contributed by atoms with Gasteiger partial charge in [0.2, 0.25) is 0 Å². The van der Waals surface area contributed by atoms with Gasteiger partial charge in [-0.25, -0.2) is 0 Å². The largest absolute Gasteiger partial charge is 0.490 e. The summed E-state index contributed by atoms with van der Waals surface area (Å²) in [5, 5.41) is 6.43. The van der Waals surface area contributed by atoms with Crippen LogP contribution in [-0.4, -0.2) is 38.8 Å². The molecule has 1 aromatic carbocycles. The molecule has 1 amide bonds. The van der Waals surface area contributed by atoms with Crippen molar-refractivity contribution < 1.29 is 14.3 Å². The minimum absolute atomic E-state index is 0. The van der Waals surface area contributed by atoms with Crippen LogP contribution >= 0.6 is 12.4 Å². The zero-order chi connectivity index (χ0) is 17.9. The molecule has 148 valence electrons. The molecule has 1 aromatic rings. The van der Waals surface area contributed by atoms with E-state index in [4.69, 9.17) is 9.47 Å². The van der Waals surface area contributed by atoms with E-state index >= 15 is 0 Å².